The molecule has 96 valence electrons. The van der Waals surface area contributed by atoms with Gasteiger partial charge in [-0.3, -0.25) is 4.79 Å². The van der Waals surface area contributed by atoms with Crippen LogP contribution in [0.4, 0.5) is 0 Å². The summed E-state index contributed by atoms with van der Waals surface area (Å²) in [5.74, 6) is -0.665. The Morgan fingerprint density at radius 3 is 2.78 bits per heavy atom. The molecule has 6 nitrogen and oxygen atoms in total. The summed E-state index contributed by atoms with van der Waals surface area (Å²) in [6.45, 7) is 3.51. The highest BCUT2D eigenvalue weighted by Gasteiger charge is 2.42. The molecule has 1 aromatic rings. The summed E-state index contributed by atoms with van der Waals surface area (Å²) in [5.41, 5.74) is -0.498. The zero-order valence-corrected chi connectivity index (χ0v) is 9.90. The van der Waals surface area contributed by atoms with Crippen LogP contribution in [-0.4, -0.2) is 27.0 Å². The topological polar surface area (TPSA) is 95.1 Å². The molecule has 1 saturated carbocycles. The summed E-state index contributed by atoms with van der Waals surface area (Å²) in [7, 11) is 0. The number of carbonyl (C=O) groups excluding carboxylic acids is 1. The molecule has 6 heteroatoms. The van der Waals surface area contributed by atoms with Crippen molar-refractivity contribution in [1.82, 2.24) is 15.3 Å². The van der Waals surface area contributed by atoms with Gasteiger partial charge in [-0.05, 0) is 19.3 Å². The first-order valence-corrected chi connectivity index (χ1v) is 5.78. The minimum Gasteiger partial charge on any atom is -0.477 e. The molecule has 1 amide bonds. The number of rotatable bonds is 5. The molecular weight excluding hydrogens is 234 g/mol. The van der Waals surface area contributed by atoms with Crippen molar-refractivity contribution in [2.45, 2.75) is 31.2 Å². The van der Waals surface area contributed by atoms with Crippen molar-refractivity contribution in [2.75, 3.05) is 0 Å². The minimum atomic E-state index is -1.05. The molecule has 0 unspecified atom stereocenters. The van der Waals surface area contributed by atoms with Crippen molar-refractivity contribution < 1.29 is 14.7 Å². The van der Waals surface area contributed by atoms with Crippen molar-refractivity contribution in [2.24, 2.45) is 0 Å². The lowest BCUT2D eigenvalue weighted by Gasteiger charge is -2.40. The normalized spacial score (nSPS) is 16.7. The van der Waals surface area contributed by atoms with E-state index in [4.69, 9.17) is 5.11 Å². The van der Waals surface area contributed by atoms with Crippen LogP contribution in [0.5, 0.6) is 0 Å². The summed E-state index contributed by atoms with van der Waals surface area (Å²) in [4.78, 5) is 29.2. The van der Waals surface area contributed by atoms with Crippen LogP contribution in [0.3, 0.4) is 0 Å². The summed E-state index contributed by atoms with van der Waals surface area (Å²) in [5, 5.41) is 11.8. The largest absolute Gasteiger partial charge is 0.477 e. The summed E-state index contributed by atoms with van der Waals surface area (Å²) >= 11 is 0. The van der Waals surface area contributed by atoms with Crippen LogP contribution in [0.25, 0.3) is 0 Å². The maximum Gasteiger partial charge on any atom is 0.353 e. The summed E-state index contributed by atoms with van der Waals surface area (Å²) in [6, 6.07) is 0. The minimum absolute atomic E-state index is 0.0363. The zero-order valence-electron chi connectivity index (χ0n) is 9.90. The third-order valence-electron chi connectivity index (χ3n) is 3.18. The molecule has 1 heterocycles. The molecule has 0 saturated heterocycles. The molecule has 1 aliphatic rings. The Kier molecular flexibility index (Phi) is 3.18. The van der Waals surface area contributed by atoms with E-state index in [1.165, 1.54) is 12.3 Å². The third kappa shape index (κ3) is 2.13. The van der Waals surface area contributed by atoms with Gasteiger partial charge in [0.25, 0.3) is 0 Å². The van der Waals surface area contributed by atoms with Gasteiger partial charge in [0.05, 0.1) is 11.7 Å². The number of carbonyl (C=O) groups is 2. The Bertz CT molecular complexity index is 489. The average molecular weight is 249 g/mol. The van der Waals surface area contributed by atoms with E-state index < -0.39 is 11.5 Å². The number of amides is 1. The van der Waals surface area contributed by atoms with Crippen LogP contribution in [0, 0.1) is 0 Å². The first-order chi connectivity index (χ1) is 8.57. The second kappa shape index (κ2) is 4.64. The Morgan fingerprint density at radius 1 is 1.61 bits per heavy atom. The van der Waals surface area contributed by atoms with Crippen LogP contribution in [0.2, 0.25) is 0 Å². The first kappa shape index (κ1) is 12.3. The molecule has 1 aromatic heterocycles. The number of aromatic nitrogens is 2. The predicted molar refractivity (Wildman–Crippen MR) is 64.0 cm³/mol. The van der Waals surface area contributed by atoms with Crippen molar-refractivity contribution in [3.8, 4) is 0 Å². The highest BCUT2D eigenvalue weighted by atomic mass is 16.4. The van der Waals surface area contributed by atoms with E-state index in [0.29, 0.717) is 5.82 Å². The maximum absolute atomic E-state index is 11.6. The molecule has 1 fully saturated rings. The molecule has 0 atom stereocenters. The highest BCUT2D eigenvalue weighted by Crippen LogP contribution is 2.39. The van der Waals surface area contributed by atoms with E-state index in [2.05, 4.69) is 21.9 Å². The molecular formula is C12H15N3O3. The number of H-pyrrole nitrogens is 1. The number of hydrogen-bond donors (Lipinski definition) is 3. The second-order valence-electron chi connectivity index (χ2n) is 4.43. The fourth-order valence-electron chi connectivity index (χ4n) is 2.07. The Hall–Kier alpha value is -2.11. The average Bonchev–Trinajstić information content (AvgIpc) is 2.73. The van der Waals surface area contributed by atoms with Gasteiger partial charge < -0.3 is 15.4 Å². The van der Waals surface area contributed by atoms with E-state index in [9.17, 15) is 9.59 Å². The van der Waals surface area contributed by atoms with Crippen molar-refractivity contribution in [1.29, 1.82) is 0 Å². The lowest BCUT2D eigenvalue weighted by Crippen LogP contribution is -2.51. The number of aromatic amines is 1. The Morgan fingerprint density at radius 2 is 2.33 bits per heavy atom. The van der Waals surface area contributed by atoms with Crippen LogP contribution in [0.15, 0.2) is 18.9 Å². The number of imidazole rings is 1. The molecule has 0 bridgehead atoms. The van der Waals surface area contributed by atoms with Gasteiger partial charge in [-0.25, -0.2) is 9.78 Å². The lowest BCUT2D eigenvalue weighted by molar-refractivity contribution is -0.123. The third-order valence-corrected chi connectivity index (χ3v) is 3.18. The quantitative estimate of drug-likeness (QED) is 0.683. The van der Waals surface area contributed by atoms with Crippen molar-refractivity contribution in [3.63, 3.8) is 0 Å². The van der Waals surface area contributed by atoms with Crippen molar-refractivity contribution in [3.05, 3.63) is 30.4 Å². The maximum atomic E-state index is 11.6. The Labute approximate surface area is 104 Å². The van der Waals surface area contributed by atoms with Gasteiger partial charge in [-0.15, -0.1) is 6.58 Å². The molecule has 3 N–H and O–H groups in total. The molecule has 0 spiro atoms. The molecule has 0 radical (unpaired) electrons. The summed E-state index contributed by atoms with van der Waals surface area (Å²) in [6.07, 6.45) is 5.57. The zero-order chi connectivity index (χ0) is 13.2. The summed E-state index contributed by atoms with van der Waals surface area (Å²) < 4.78 is 0. The molecule has 1 aliphatic carbocycles. The van der Waals surface area contributed by atoms with E-state index in [-0.39, 0.29) is 18.0 Å². The highest BCUT2D eigenvalue weighted by molar-refractivity contribution is 5.85. The molecule has 18 heavy (non-hydrogen) atoms. The van der Waals surface area contributed by atoms with Gasteiger partial charge in [0.1, 0.15) is 11.5 Å². The van der Waals surface area contributed by atoms with Gasteiger partial charge in [0.2, 0.25) is 5.91 Å². The number of nitrogens with one attached hydrogen (secondary N) is 2. The molecule has 2 rings (SSSR count). The number of carboxylic acid groups (broad SMARTS) is 1. The van der Waals surface area contributed by atoms with Gasteiger partial charge >= 0.3 is 5.97 Å². The first-order valence-electron chi connectivity index (χ1n) is 5.78. The number of aromatic carboxylic acids is 1. The van der Waals surface area contributed by atoms with Crippen LogP contribution in [0.1, 0.15) is 42.0 Å². The smallest absolute Gasteiger partial charge is 0.353 e. The Balaban J connectivity index is 2.18. The van der Waals surface area contributed by atoms with Gasteiger partial charge in [-0.2, -0.15) is 0 Å². The lowest BCUT2D eigenvalue weighted by atomic mass is 9.76. The van der Waals surface area contributed by atoms with Gasteiger partial charge in [0, 0.05) is 6.42 Å². The van der Waals surface area contributed by atoms with E-state index in [1.807, 2.05) is 0 Å². The number of carboxylic acids is 1. The fourth-order valence-corrected chi connectivity index (χ4v) is 2.07. The monoisotopic (exact) mass is 249 g/mol. The predicted octanol–water partition coefficient (Wildman–Crippen LogP) is 1.18. The molecule has 0 aromatic carbocycles. The van der Waals surface area contributed by atoms with Gasteiger partial charge in [0.15, 0.2) is 0 Å². The van der Waals surface area contributed by atoms with Gasteiger partial charge in [-0.1, -0.05) is 6.08 Å². The van der Waals surface area contributed by atoms with Crippen LogP contribution < -0.4 is 5.32 Å². The fraction of sp³-hybridized carbons (Fsp3) is 0.417. The van der Waals surface area contributed by atoms with E-state index >= 15 is 0 Å². The van der Waals surface area contributed by atoms with Crippen LogP contribution in [-0.2, 0) is 10.3 Å². The SMILES string of the molecule is C=CCC(=O)NC1(c2ncc(C(=O)O)[nH]2)CCC1. The molecule has 0 aliphatic heterocycles. The van der Waals surface area contributed by atoms with Crippen LogP contribution >= 0.6 is 0 Å². The number of hydrogen-bond acceptors (Lipinski definition) is 3. The number of nitrogens with zero attached hydrogens (tertiary/aromatic N) is 1. The van der Waals surface area contributed by atoms with E-state index in [0.717, 1.165) is 19.3 Å². The van der Waals surface area contributed by atoms with Crippen molar-refractivity contribution >= 4 is 11.9 Å². The van der Waals surface area contributed by atoms with E-state index in [1.54, 1.807) is 0 Å². The standard InChI is InChI=1S/C12H15N3O3/c1-2-4-9(16)15-12(5-3-6-12)11-13-7-8(14-11)10(17)18/h2,7H,1,3-6H2,(H,13,14)(H,15,16)(H,17,18). The second-order valence-corrected chi connectivity index (χ2v) is 4.43.